The standard InChI is InChI=1S/C10H13NO5/c1-6-4-7(16-5-6)8(9(12)14-2)11-10(13)15-3/h4-5,8H,1-3H3,(H,11,13)/t8-/m1/s1. The Morgan fingerprint density at radius 3 is 2.50 bits per heavy atom. The molecule has 6 heteroatoms. The second-order valence-corrected chi connectivity index (χ2v) is 3.12. The van der Waals surface area contributed by atoms with Crippen molar-refractivity contribution >= 4 is 12.1 Å². The number of methoxy groups -OCH3 is 2. The number of carbonyl (C=O) groups excluding carboxylic acids is 2. The Morgan fingerprint density at radius 1 is 1.38 bits per heavy atom. The number of furan rings is 1. The Balaban J connectivity index is 2.87. The zero-order valence-electron chi connectivity index (χ0n) is 9.27. The number of amides is 1. The van der Waals surface area contributed by atoms with E-state index in [4.69, 9.17) is 4.42 Å². The maximum absolute atomic E-state index is 11.4. The van der Waals surface area contributed by atoms with E-state index in [1.165, 1.54) is 20.5 Å². The molecule has 0 aliphatic rings. The van der Waals surface area contributed by atoms with Crippen molar-refractivity contribution in [3.8, 4) is 0 Å². The molecule has 0 radical (unpaired) electrons. The summed E-state index contributed by atoms with van der Waals surface area (Å²) in [6.45, 7) is 1.81. The van der Waals surface area contributed by atoms with Gasteiger partial charge in [0.1, 0.15) is 5.76 Å². The molecule has 0 fully saturated rings. The van der Waals surface area contributed by atoms with Gasteiger partial charge in [-0.25, -0.2) is 9.59 Å². The van der Waals surface area contributed by atoms with Crippen LogP contribution in [0, 0.1) is 6.92 Å². The van der Waals surface area contributed by atoms with E-state index in [1.807, 2.05) is 0 Å². The van der Waals surface area contributed by atoms with Crippen LogP contribution in [0.3, 0.4) is 0 Å². The second-order valence-electron chi connectivity index (χ2n) is 3.12. The summed E-state index contributed by atoms with van der Waals surface area (Å²) in [7, 11) is 2.43. The summed E-state index contributed by atoms with van der Waals surface area (Å²) >= 11 is 0. The zero-order chi connectivity index (χ0) is 12.1. The van der Waals surface area contributed by atoms with Crippen LogP contribution in [0.1, 0.15) is 17.4 Å². The minimum absolute atomic E-state index is 0.301. The number of hydrogen-bond acceptors (Lipinski definition) is 5. The molecular formula is C10H13NO5. The molecule has 1 rings (SSSR count). The van der Waals surface area contributed by atoms with Gasteiger partial charge in [0, 0.05) is 0 Å². The van der Waals surface area contributed by atoms with Crippen molar-refractivity contribution in [3.63, 3.8) is 0 Å². The molecule has 0 aliphatic carbocycles. The zero-order valence-corrected chi connectivity index (χ0v) is 9.27. The smallest absolute Gasteiger partial charge is 0.407 e. The summed E-state index contributed by atoms with van der Waals surface area (Å²) in [5.41, 5.74) is 0.843. The first kappa shape index (κ1) is 12.1. The van der Waals surface area contributed by atoms with E-state index >= 15 is 0 Å². The summed E-state index contributed by atoms with van der Waals surface area (Å²) in [5, 5.41) is 2.32. The Labute approximate surface area is 92.5 Å². The van der Waals surface area contributed by atoms with Gasteiger partial charge >= 0.3 is 12.1 Å². The molecule has 1 aromatic rings. The number of hydrogen-bond donors (Lipinski definition) is 1. The monoisotopic (exact) mass is 227 g/mol. The highest BCUT2D eigenvalue weighted by molar-refractivity contribution is 5.82. The van der Waals surface area contributed by atoms with E-state index in [0.29, 0.717) is 5.76 Å². The predicted molar refractivity (Wildman–Crippen MR) is 53.7 cm³/mol. The maximum Gasteiger partial charge on any atom is 0.407 e. The molecule has 1 N–H and O–H groups in total. The third kappa shape index (κ3) is 2.75. The summed E-state index contributed by atoms with van der Waals surface area (Å²) in [6.07, 6.45) is 0.744. The topological polar surface area (TPSA) is 77.8 Å². The van der Waals surface area contributed by atoms with E-state index in [-0.39, 0.29) is 0 Å². The summed E-state index contributed by atoms with van der Waals surface area (Å²) in [6, 6.07) is 0.642. The molecule has 0 aromatic carbocycles. The molecule has 0 saturated carbocycles. The number of nitrogens with one attached hydrogen (secondary N) is 1. The van der Waals surface area contributed by atoms with Crippen LogP contribution >= 0.6 is 0 Å². The lowest BCUT2D eigenvalue weighted by Crippen LogP contribution is -2.34. The first-order valence-corrected chi connectivity index (χ1v) is 4.55. The lowest BCUT2D eigenvalue weighted by Gasteiger charge is -2.12. The molecule has 0 saturated heterocycles. The lowest BCUT2D eigenvalue weighted by atomic mass is 10.2. The van der Waals surface area contributed by atoms with Crippen LogP contribution in [-0.2, 0) is 14.3 Å². The fourth-order valence-electron chi connectivity index (χ4n) is 1.15. The third-order valence-electron chi connectivity index (χ3n) is 1.92. The minimum Gasteiger partial charge on any atom is -0.467 e. The first-order chi connectivity index (χ1) is 7.58. The average molecular weight is 227 g/mol. The van der Waals surface area contributed by atoms with Gasteiger partial charge in [0.15, 0.2) is 6.04 Å². The number of aryl methyl sites for hydroxylation is 1. The predicted octanol–water partition coefficient (Wildman–Crippen LogP) is 1.16. The van der Waals surface area contributed by atoms with E-state index in [0.717, 1.165) is 5.56 Å². The molecular weight excluding hydrogens is 214 g/mol. The van der Waals surface area contributed by atoms with Crippen molar-refractivity contribution in [1.29, 1.82) is 0 Å². The number of ether oxygens (including phenoxy) is 2. The highest BCUT2D eigenvalue weighted by Crippen LogP contribution is 2.17. The Bertz CT molecular complexity index is 384. The largest absolute Gasteiger partial charge is 0.467 e. The van der Waals surface area contributed by atoms with Crippen molar-refractivity contribution in [1.82, 2.24) is 5.32 Å². The van der Waals surface area contributed by atoms with Crippen LogP contribution < -0.4 is 5.32 Å². The summed E-state index contributed by atoms with van der Waals surface area (Å²) in [4.78, 5) is 22.5. The van der Waals surface area contributed by atoms with Crippen LogP contribution in [0.4, 0.5) is 4.79 Å². The van der Waals surface area contributed by atoms with Crippen LogP contribution in [0.5, 0.6) is 0 Å². The highest BCUT2D eigenvalue weighted by Gasteiger charge is 2.26. The van der Waals surface area contributed by atoms with Crippen LogP contribution in [0.2, 0.25) is 0 Å². The van der Waals surface area contributed by atoms with Crippen LogP contribution in [0.25, 0.3) is 0 Å². The molecule has 0 unspecified atom stereocenters. The van der Waals surface area contributed by atoms with Gasteiger partial charge in [-0.1, -0.05) is 0 Å². The van der Waals surface area contributed by atoms with Gasteiger partial charge in [-0.05, 0) is 18.6 Å². The number of alkyl carbamates (subject to hydrolysis) is 1. The second kappa shape index (κ2) is 5.20. The fourth-order valence-corrected chi connectivity index (χ4v) is 1.15. The molecule has 0 spiro atoms. The number of rotatable bonds is 3. The van der Waals surface area contributed by atoms with Crippen molar-refractivity contribution < 1.29 is 23.5 Å². The van der Waals surface area contributed by atoms with E-state index in [9.17, 15) is 9.59 Å². The number of carbonyl (C=O) groups is 2. The number of esters is 1. The van der Waals surface area contributed by atoms with Crippen molar-refractivity contribution in [2.45, 2.75) is 13.0 Å². The van der Waals surface area contributed by atoms with E-state index < -0.39 is 18.1 Å². The van der Waals surface area contributed by atoms with Gasteiger partial charge in [-0.15, -0.1) is 0 Å². The van der Waals surface area contributed by atoms with Crippen LogP contribution in [0.15, 0.2) is 16.7 Å². The molecule has 16 heavy (non-hydrogen) atoms. The van der Waals surface area contributed by atoms with Crippen LogP contribution in [-0.4, -0.2) is 26.3 Å². The molecule has 0 bridgehead atoms. The molecule has 1 heterocycles. The molecule has 1 aromatic heterocycles. The van der Waals surface area contributed by atoms with Gasteiger partial charge in [-0.3, -0.25) is 0 Å². The fraction of sp³-hybridized carbons (Fsp3) is 0.400. The minimum atomic E-state index is -0.994. The SMILES string of the molecule is COC(=O)N[C@@H](C(=O)OC)c1cc(C)co1. The quantitative estimate of drug-likeness (QED) is 0.784. The van der Waals surface area contributed by atoms with Gasteiger partial charge in [0.25, 0.3) is 0 Å². The van der Waals surface area contributed by atoms with E-state index in [2.05, 4.69) is 14.8 Å². The highest BCUT2D eigenvalue weighted by atomic mass is 16.5. The molecule has 0 aliphatic heterocycles. The van der Waals surface area contributed by atoms with Gasteiger partial charge in [-0.2, -0.15) is 0 Å². The lowest BCUT2D eigenvalue weighted by molar-refractivity contribution is -0.143. The Kier molecular flexibility index (Phi) is 3.93. The van der Waals surface area contributed by atoms with Crippen molar-refractivity contribution in [2.24, 2.45) is 0 Å². The van der Waals surface area contributed by atoms with Crippen molar-refractivity contribution in [2.75, 3.05) is 14.2 Å². The van der Waals surface area contributed by atoms with Gasteiger partial charge in [0.05, 0.1) is 20.5 Å². The molecule has 88 valence electrons. The summed E-state index contributed by atoms with van der Waals surface area (Å²) < 4.78 is 14.1. The van der Waals surface area contributed by atoms with Gasteiger partial charge in [0.2, 0.25) is 0 Å². The summed E-state index contributed by atoms with van der Waals surface area (Å²) in [5.74, 6) is -0.325. The normalized spacial score (nSPS) is 11.7. The van der Waals surface area contributed by atoms with E-state index in [1.54, 1.807) is 13.0 Å². The first-order valence-electron chi connectivity index (χ1n) is 4.55. The average Bonchev–Trinajstić information content (AvgIpc) is 2.71. The third-order valence-corrected chi connectivity index (χ3v) is 1.92. The Hall–Kier alpha value is -1.98. The van der Waals surface area contributed by atoms with Crippen molar-refractivity contribution in [3.05, 3.63) is 23.7 Å². The van der Waals surface area contributed by atoms with Gasteiger partial charge < -0.3 is 19.2 Å². The maximum atomic E-state index is 11.4. The molecule has 1 atom stereocenters. The molecule has 1 amide bonds. The Morgan fingerprint density at radius 2 is 2.06 bits per heavy atom. The molecule has 6 nitrogen and oxygen atoms in total.